The zero-order valence-electron chi connectivity index (χ0n) is 7.46. The van der Waals surface area contributed by atoms with E-state index in [1.165, 1.54) is 0 Å². The third-order valence-corrected chi connectivity index (χ3v) is 0.667. The van der Waals surface area contributed by atoms with E-state index in [-0.39, 0.29) is 62.0 Å². The molecule has 0 bridgehead atoms. The minimum Gasteiger partial charge on any atom is -1.00 e. The molecule has 1 aromatic carbocycles. The molecule has 0 nitrogen and oxygen atoms in total. The van der Waals surface area contributed by atoms with Gasteiger partial charge in [0.2, 0.25) is 0 Å². The minimum absolute atomic E-state index is 0. The van der Waals surface area contributed by atoms with Crippen molar-refractivity contribution in [3.8, 4) is 0 Å². The van der Waals surface area contributed by atoms with Gasteiger partial charge >= 0.3 is 59.1 Å². The van der Waals surface area contributed by atoms with E-state index < -0.39 is 0 Å². The fourth-order valence-corrected chi connectivity index (χ4v) is 0.385. The molecular weight excluding hydrogens is 118 g/mol. The first-order valence-electron chi connectivity index (χ1n) is 2.00. The molecule has 0 saturated carbocycles. The van der Waals surface area contributed by atoms with Gasteiger partial charge in [-0.15, -0.1) is 0 Å². The Labute approximate surface area is 97.2 Å². The van der Waals surface area contributed by atoms with Gasteiger partial charge in [-0.1, -0.05) is 36.4 Å². The van der Waals surface area contributed by atoms with Gasteiger partial charge in [0, 0.05) is 0 Å². The predicted molar refractivity (Wildman–Crippen MR) is 28.7 cm³/mol. The van der Waals surface area contributed by atoms with Gasteiger partial charge in [-0.05, 0) is 0 Å². The average Bonchev–Trinajstić information content (AvgIpc) is 1.72. The van der Waals surface area contributed by atoms with Gasteiger partial charge < -0.3 is 2.85 Å². The van der Waals surface area contributed by atoms with Crippen molar-refractivity contribution in [1.29, 1.82) is 0 Å². The Balaban J connectivity index is -0.0000000450. The van der Waals surface area contributed by atoms with E-state index in [0.717, 1.165) is 0 Å². The fourth-order valence-electron chi connectivity index (χ4n) is 0.385. The quantitative estimate of drug-likeness (QED) is 0.310. The minimum atomic E-state index is 0. The van der Waals surface area contributed by atoms with E-state index in [2.05, 4.69) is 0 Å². The summed E-state index contributed by atoms with van der Waals surface area (Å²) in [6.45, 7) is 0. The Hall–Kier alpha value is 1.22. The van der Waals surface area contributed by atoms with Crippen LogP contribution in [0.15, 0.2) is 36.4 Å². The van der Waals surface area contributed by atoms with Crippen LogP contribution in [0.3, 0.4) is 0 Å². The summed E-state index contributed by atoms with van der Waals surface area (Å²) < 4.78 is 0. The summed E-state index contributed by atoms with van der Waals surface area (Å²) in [5.41, 5.74) is 0. The predicted octanol–water partition coefficient (Wildman–Crippen LogP) is -4.08. The van der Waals surface area contributed by atoms with Crippen molar-refractivity contribution in [2.24, 2.45) is 0 Å². The molecular formula is C6H8Na2. The number of hydrogen-bond acceptors (Lipinski definition) is 0. The van der Waals surface area contributed by atoms with Gasteiger partial charge in [-0.3, -0.25) is 0 Å². The smallest absolute Gasteiger partial charge is 1.00 e. The van der Waals surface area contributed by atoms with Crippen LogP contribution < -0.4 is 59.1 Å². The zero-order chi connectivity index (χ0) is 4.24. The normalized spacial score (nSPS) is 6.00. The molecule has 0 unspecified atom stereocenters. The molecule has 1 aromatic rings. The maximum Gasteiger partial charge on any atom is 1.00 e. The van der Waals surface area contributed by atoms with Gasteiger partial charge in [0.1, 0.15) is 0 Å². The molecule has 0 aliphatic carbocycles. The second kappa shape index (κ2) is 8.22. The van der Waals surface area contributed by atoms with E-state index in [0.29, 0.717) is 0 Å². The molecule has 0 aliphatic heterocycles. The van der Waals surface area contributed by atoms with Crippen molar-refractivity contribution >= 4 is 0 Å². The Kier molecular flexibility index (Phi) is 12.3. The number of hydrogen-bond donors (Lipinski definition) is 0. The van der Waals surface area contributed by atoms with Crippen LogP contribution in [-0.2, 0) is 0 Å². The van der Waals surface area contributed by atoms with Crippen molar-refractivity contribution in [2.75, 3.05) is 0 Å². The summed E-state index contributed by atoms with van der Waals surface area (Å²) >= 11 is 0. The van der Waals surface area contributed by atoms with E-state index in [1.807, 2.05) is 36.4 Å². The first kappa shape index (κ1) is 12.0. The van der Waals surface area contributed by atoms with Crippen LogP contribution in [0.4, 0.5) is 0 Å². The largest absolute Gasteiger partial charge is 1.00 e. The van der Waals surface area contributed by atoms with Crippen molar-refractivity contribution in [2.45, 2.75) is 0 Å². The Morgan fingerprint density at radius 2 is 0.625 bits per heavy atom. The SMILES string of the molecule is [H-].[H-].[Na+].[Na+].c1ccccc1. The molecule has 34 valence electrons. The van der Waals surface area contributed by atoms with Crippen LogP contribution in [0, 0.1) is 0 Å². The molecule has 2 heteroatoms. The average molecular weight is 126 g/mol. The first-order chi connectivity index (χ1) is 3.00. The van der Waals surface area contributed by atoms with Gasteiger partial charge in [-0.25, -0.2) is 0 Å². The number of rotatable bonds is 0. The van der Waals surface area contributed by atoms with Gasteiger partial charge in [0.25, 0.3) is 0 Å². The second-order valence-corrected chi connectivity index (χ2v) is 1.15. The maximum atomic E-state index is 2.00. The van der Waals surface area contributed by atoms with Gasteiger partial charge in [0.15, 0.2) is 0 Å². The summed E-state index contributed by atoms with van der Waals surface area (Å²) in [5.74, 6) is 0. The molecule has 0 aliphatic rings. The molecule has 0 N–H and O–H groups in total. The topological polar surface area (TPSA) is 0 Å². The Morgan fingerprint density at radius 1 is 0.500 bits per heavy atom. The fraction of sp³-hybridized carbons (Fsp3) is 0. The second-order valence-electron chi connectivity index (χ2n) is 1.15. The molecule has 0 spiro atoms. The van der Waals surface area contributed by atoms with Crippen molar-refractivity contribution in [3.05, 3.63) is 36.4 Å². The summed E-state index contributed by atoms with van der Waals surface area (Å²) in [6, 6.07) is 12.0. The van der Waals surface area contributed by atoms with Crippen LogP contribution in [0.2, 0.25) is 0 Å². The molecule has 0 atom stereocenters. The van der Waals surface area contributed by atoms with E-state index >= 15 is 0 Å². The number of benzene rings is 1. The van der Waals surface area contributed by atoms with Crippen LogP contribution in [0.25, 0.3) is 0 Å². The zero-order valence-corrected chi connectivity index (χ0v) is 9.46. The van der Waals surface area contributed by atoms with E-state index in [4.69, 9.17) is 0 Å². The standard InChI is InChI=1S/C6H6.2Na.2H/c1-2-4-6-5-3-1;;;;/h1-6H;;;;/q;2*+1;2*-1. The van der Waals surface area contributed by atoms with E-state index in [9.17, 15) is 0 Å². The molecule has 0 saturated heterocycles. The van der Waals surface area contributed by atoms with E-state index in [1.54, 1.807) is 0 Å². The molecule has 8 heavy (non-hydrogen) atoms. The molecule has 0 radical (unpaired) electrons. The summed E-state index contributed by atoms with van der Waals surface area (Å²) in [5, 5.41) is 0. The van der Waals surface area contributed by atoms with Crippen molar-refractivity contribution in [1.82, 2.24) is 0 Å². The van der Waals surface area contributed by atoms with Crippen molar-refractivity contribution in [3.63, 3.8) is 0 Å². The molecule has 0 aromatic heterocycles. The first-order valence-corrected chi connectivity index (χ1v) is 2.00. The van der Waals surface area contributed by atoms with Gasteiger partial charge in [0.05, 0.1) is 0 Å². The molecule has 1 rings (SSSR count). The maximum absolute atomic E-state index is 2.00. The van der Waals surface area contributed by atoms with Crippen LogP contribution in [-0.4, -0.2) is 0 Å². The monoisotopic (exact) mass is 126 g/mol. The van der Waals surface area contributed by atoms with Crippen LogP contribution in [0.5, 0.6) is 0 Å². The van der Waals surface area contributed by atoms with Crippen molar-refractivity contribution < 1.29 is 62.0 Å². The van der Waals surface area contributed by atoms with Crippen LogP contribution in [0.1, 0.15) is 2.85 Å². The molecule has 0 heterocycles. The Morgan fingerprint density at radius 3 is 0.750 bits per heavy atom. The molecule has 0 fully saturated rings. The summed E-state index contributed by atoms with van der Waals surface area (Å²) in [7, 11) is 0. The summed E-state index contributed by atoms with van der Waals surface area (Å²) in [4.78, 5) is 0. The Bertz CT molecular complexity index is 85.7. The third-order valence-electron chi connectivity index (χ3n) is 0.667. The van der Waals surface area contributed by atoms with Gasteiger partial charge in [-0.2, -0.15) is 0 Å². The summed E-state index contributed by atoms with van der Waals surface area (Å²) in [6.07, 6.45) is 0. The van der Waals surface area contributed by atoms with Crippen LogP contribution >= 0.6 is 0 Å². The molecule has 0 amide bonds. The third kappa shape index (κ3) is 5.36.